The van der Waals surface area contributed by atoms with Gasteiger partial charge >= 0.3 is 0 Å². The van der Waals surface area contributed by atoms with Crippen LogP contribution in [0.3, 0.4) is 0 Å². The molecule has 0 aliphatic heterocycles. The van der Waals surface area contributed by atoms with E-state index in [0.29, 0.717) is 13.0 Å². The molecule has 16 heavy (non-hydrogen) atoms. The first kappa shape index (κ1) is 15.1. The zero-order chi connectivity index (χ0) is 12.6. The first-order chi connectivity index (χ1) is 7.47. The quantitative estimate of drug-likeness (QED) is 0.596. The van der Waals surface area contributed by atoms with E-state index in [4.69, 9.17) is 0 Å². The van der Waals surface area contributed by atoms with Crippen molar-refractivity contribution in [1.29, 1.82) is 0 Å². The van der Waals surface area contributed by atoms with Crippen molar-refractivity contribution in [1.82, 2.24) is 15.5 Å². The van der Waals surface area contributed by atoms with Gasteiger partial charge in [0.2, 0.25) is 5.91 Å². The van der Waals surface area contributed by atoms with E-state index >= 15 is 0 Å². The molecule has 1 atom stereocenters. The van der Waals surface area contributed by atoms with E-state index in [2.05, 4.69) is 10.6 Å². The van der Waals surface area contributed by atoms with Crippen LogP contribution in [0.15, 0.2) is 0 Å². The number of likely N-dealkylation sites (N-methyl/N-ethyl adjacent to an activating group) is 1. The average molecular weight is 229 g/mol. The maximum Gasteiger partial charge on any atom is 0.234 e. The number of hydrogen-bond donors (Lipinski definition) is 2. The normalized spacial score (nSPS) is 12.6. The molecule has 0 fully saturated rings. The summed E-state index contributed by atoms with van der Waals surface area (Å²) in [5.41, 5.74) is 0. The van der Waals surface area contributed by atoms with Gasteiger partial charge < -0.3 is 10.2 Å². The van der Waals surface area contributed by atoms with Crippen molar-refractivity contribution in [2.75, 3.05) is 33.7 Å². The lowest BCUT2D eigenvalue weighted by atomic mass is 10.2. The van der Waals surface area contributed by atoms with Gasteiger partial charge in [-0.1, -0.05) is 6.92 Å². The fraction of sp³-hybridized carbons (Fsp3) is 0.818. The highest BCUT2D eigenvalue weighted by molar-refractivity contribution is 5.84. The molecule has 0 heterocycles. The molecule has 5 heteroatoms. The summed E-state index contributed by atoms with van der Waals surface area (Å²) in [5.74, 6) is 0.0543. The van der Waals surface area contributed by atoms with Gasteiger partial charge in [0.25, 0.3) is 0 Å². The number of rotatable bonds is 8. The molecule has 1 amide bonds. The summed E-state index contributed by atoms with van der Waals surface area (Å²) < 4.78 is 0. The third kappa shape index (κ3) is 7.36. The monoisotopic (exact) mass is 229 g/mol. The second-order valence-electron chi connectivity index (χ2n) is 4.08. The Morgan fingerprint density at radius 1 is 1.31 bits per heavy atom. The minimum atomic E-state index is -0.246. The van der Waals surface area contributed by atoms with Crippen LogP contribution in [-0.4, -0.2) is 56.4 Å². The Hall–Kier alpha value is -0.940. The molecule has 0 aliphatic carbocycles. The van der Waals surface area contributed by atoms with E-state index in [1.165, 1.54) is 0 Å². The summed E-state index contributed by atoms with van der Waals surface area (Å²) in [4.78, 5) is 24.6. The molecule has 0 saturated heterocycles. The SMILES string of the molecule is CCC(=O)[C@@H](C)NCC(=O)NCCN(C)C. The molecular formula is C11H23N3O2. The highest BCUT2D eigenvalue weighted by atomic mass is 16.2. The molecule has 0 aromatic rings. The fourth-order valence-corrected chi connectivity index (χ4v) is 1.15. The Kier molecular flexibility index (Phi) is 7.76. The smallest absolute Gasteiger partial charge is 0.234 e. The average Bonchev–Trinajstić information content (AvgIpc) is 2.24. The van der Waals surface area contributed by atoms with Crippen LogP contribution in [0.2, 0.25) is 0 Å². The number of carbonyl (C=O) groups is 2. The fourth-order valence-electron chi connectivity index (χ4n) is 1.15. The molecule has 0 rings (SSSR count). The minimum Gasteiger partial charge on any atom is -0.354 e. The van der Waals surface area contributed by atoms with E-state index in [-0.39, 0.29) is 24.3 Å². The summed E-state index contributed by atoms with van der Waals surface area (Å²) in [6.07, 6.45) is 0.496. The van der Waals surface area contributed by atoms with Gasteiger partial charge in [0.05, 0.1) is 12.6 Å². The molecule has 94 valence electrons. The molecule has 0 radical (unpaired) electrons. The van der Waals surface area contributed by atoms with Crippen molar-refractivity contribution < 1.29 is 9.59 Å². The van der Waals surface area contributed by atoms with Gasteiger partial charge in [0, 0.05) is 19.5 Å². The van der Waals surface area contributed by atoms with Gasteiger partial charge in [-0.05, 0) is 21.0 Å². The van der Waals surface area contributed by atoms with Crippen molar-refractivity contribution in [3.63, 3.8) is 0 Å². The Morgan fingerprint density at radius 3 is 2.44 bits per heavy atom. The van der Waals surface area contributed by atoms with Gasteiger partial charge in [-0.15, -0.1) is 0 Å². The van der Waals surface area contributed by atoms with E-state index in [1.807, 2.05) is 25.9 Å². The first-order valence-electron chi connectivity index (χ1n) is 5.64. The van der Waals surface area contributed by atoms with Crippen molar-refractivity contribution >= 4 is 11.7 Å². The van der Waals surface area contributed by atoms with Crippen LogP contribution in [0.4, 0.5) is 0 Å². The maximum absolute atomic E-state index is 11.3. The molecule has 0 aromatic heterocycles. The standard InChI is InChI=1S/C11H23N3O2/c1-5-10(15)9(2)13-8-11(16)12-6-7-14(3)4/h9,13H,5-8H2,1-4H3,(H,12,16)/t9-/m1/s1. The first-order valence-corrected chi connectivity index (χ1v) is 5.64. The van der Waals surface area contributed by atoms with Crippen molar-refractivity contribution in [2.24, 2.45) is 0 Å². The van der Waals surface area contributed by atoms with Crippen LogP contribution in [0.25, 0.3) is 0 Å². The molecule has 0 aliphatic rings. The lowest BCUT2D eigenvalue weighted by molar-refractivity contribution is -0.121. The number of amides is 1. The molecule has 2 N–H and O–H groups in total. The topological polar surface area (TPSA) is 61.4 Å². The van der Waals surface area contributed by atoms with Crippen LogP contribution in [0, 0.1) is 0 Å². The summed E-state index contributed by atoms with van der Waals surface area (Å²) in [5, 5.41) is 5.67. The summed E-state index contributed by atoms with van der Waals surface area (Å²) in [7, 11) is 3.90. The lowest BCUT2D eigenvalue weighted by Gasteiger charge is -2.13. The van der Waals surface area contributed by atoms with Crippen LogP contribution in [-0.2, 0) is 9.59 Å². The van der Waals surface area contributed by atoms with Gasteiger partial charge in [0.15, 0.2) is 0 Å². The zero-order valence-corrected chi connectivity index (χ0v) is 10.7. The molecule has 0 aromatic carbocycles. The van der Waals surface area contributed by atoms with Gasteiger partial charge in [-0.25, -0.2) is 0 Å². The molecule has 5 nitrogen and oxygen atoms in total. The van der Waals surface area contributed by atoms with Crippen LogP contribution in [0.5, 0.6) is 0 Å². The Bertz CT molecular complexity index is 229. The highest BCUT2D eigenvalue weighted by Gasteiger charge is 2.11. The number of hydrogen-bond acceptors (Lipinski definition) is 4. The third-order valence-corrected chi connectivity index (χ3v) is 2.28. The van der Waals surface area contributed by atoms with Gasteiger partial charge in [0.1, 0.15) is 5.78 Å². The zero-order valence-electron chi connectivity index (χ0n) is 10.7. The predicted molar refractivity (Wildman–Crippen MR) is 64.3 cm³/mol. The lowest BCUT2D eigenvalue weighted by Crippen LogP contribution is -2.42. The largest absolute Gasteiger partial charge is 0.354 e. The number of nitrogens with one attached hydrogen (secondary N) is 2. The Labute approximate surface area is 97.6 Å². The number of Topliss-reactive ketones (excluding diaryl/α,β-unsaturated/α-hetero) is 1. The van der Waals surface area contributed by atoms with Crippen molar-refractivity contribution in [3.8, 4) is 0 Å². The van der Waals surface area contributed by atoms with Gasteiger partial charge in [-0.3, -0.25) is 14.9 Å². The molecular weight excluding hydrogens is 206 g/mol. The summed E-state index contributed by atoms with van der Waals surface area (Å²) >= 11 is 0. The summed E-state index contributed by atoms with van der Waals surface area (Å²) in [6, 6.07) is -0.246. The maximum atomic E-state index is 11.3. The molecule has 0 unspecified atom stereocenters. The van der Waals surface area contributed by atoms with Crippen molar-refractivity contribution in [3.05, 3.63) is 0 Å². The summed E-state index contributed by atoms with van der Waals surface area (Å²) in [6.45, 7) is 5.23. The third-order valence-electron chi connectivity index (χ3n) is 2.28. The number of ketones is 1. The number of carbonyl (C=O) groups excluding carboxylic acids is 2. The van der Waals surface area contributed by atoms with Gasteiger partial charge in [-0.2, -0.15) is 0 Å². The number of nitrogens with zero attached hydrogens (tertiary/aromatic N) is 1. The van der Waals surface area contributed by atoms with E-state index in [9.17, 15) is 9.59 Å². The molecule has 0 saturated carbocycles. The Morgan fingerprint density at radius 2 is 1.94 bits per heavy atom. The second-order valence-corrected chi connectivity index (χ2v) is 4.08. The predicted octanol–water partition coefficient (Wildman–Crippen LogP) is -0.379. The molecule has 0 spiro atoms. The van der Waals surface area contributed by atoms with E-state index in [1.54, 1.807) is 6.92 Å². The molecule has 0 bridgehead atoms. The van der Waals surface area contributed by atoms with Crippen LogP contribution < -0.4 is 10.6 Å². The van der Waals surface area contributed by atoms with Crippen LogP contribution >= 0.6 is 0 Å². The van der Waals surface area contributed by atoms with Crippen LogP contribution in [0.1, 0.15) is 20.3 Å². The minimum absolute atomic E-state index is 0.0717. The highest BCUT2D eigenvalue weighted by Crippen LogP contribution is 1.88. The van der Waals surface area contributed by atoms with E-state index < -0.39 is 0 Å². The Balaban J connectivity index is 3.61. The second kappa shape index (κ2) is 8.24. The van der Waals surface area contributed by atoms with E-state index in [0.717, 1.165) is 6.54 Å². The van der Waals surface area contributed by atoms with Crippen molar-refractivity contribution in [2.45, 2.75) is 26.3 Å².